The lowest BCUT2D eigenvalue weighted by Crippen LogP contribution is -2.30. The lowest BCUT2D eigenvalue weighted by atomic mass is 10.0. The van der Waals surface area contributed by atoms with Crippen LogP contribution in [0.4, 0.5) is 0 Å². The number of ether oxygens (including phenoxy) is 4. The summed E-state index contributed by atoms with van der Waals surface area (Å²) in [5.74, 6) is -2.30. The molecule has 5 atom stereocenters. The lowest BCUT2D eigenvalue weighted by molar-refractivity contribution is -0.161. The van der Waals surface area contributed by atoms with E-state index in [2.05, 4.69) is 180 Å². The van der Waals surface area contributed by atoms with Crippen LogP contribution in [0.5, 0.6) is 0 Å². The quantitative estimate of drug-likeness (QED) is 0.0169. The van der Waals surface area contributed by atoms with Gasteiger partial charge >= 0.3 is 39.5 Å². The van der Waals surface area contributed by atoms with Gasteiger partial charge in [0, 0.05) is 25.7 Å². The van der Waals surface area contributed by atoms with Crippen molar-refractivity contribution in [2.75, 3.05) is 39.6 Å². The molecule has 17 nitrogen and oxygen atoms in total. The summed E-state index contributed by atoms with van der Waals surface area (Å²) in [5.41, 5.74) is 0. The van der Waals surface area contributed by atoms with Crippen LogP contribution in [0, 0.1) is 0 Å². The third-order valence-electron chi connectivity index (χ3n) is 17.7. The first-order valence-electron chi connectivity index (χ1n) is 43.4. The fraction of sp³-hybridized carbons (Fsp3) is 0.656. The van der Waals surface area contributed by atoms with Crippen molar-refractivity contribution in [1.29, 1.82) is 0 Å². The summed E-state index contributed by atoms with van der Waals surface area (Å²) in [6, 6.07) is 0. The Morgan fingerprint density at radius 2 is 0.482 bits per heavy atom. The Morgan fingerprint density at radius 3 is 0.768 bits per heavy atom. The van der Waals surface area contributed by atoms with Crippen molar-refractivity contribution in [3.8, 4) is 0 Å². The monoisotopic (exact) mass is 1610 g/mol. The number of phosphoric acid groups is 2. The average Bonchev–Trinajstić information content (AvgIpc) is 0.898. The molecule has 0 fully saturated rings. The van der Waals surface area contributed by atoms with Crippen LogP contribution in [0.2, 0.25) is 0 Å². The summed E-state index contributed by atoms with van der Waals surface area (Å²) in [6.45, 7) is 4.46. The van der Waals surface area contributed by atoms with E-state index in [9.17, 15) is 43.2 Å². The van der Waals surface area contributed by atoms with Gasteiger partial charge in [0.2, 0.25) is 0 Å². The average molecular weight is 1610 g/mol. The van der Waals surface area contributed by atoms with Crippen molar-refractivity contribution in [2.24, 2.45) is 0 Å². The van der Waals surface area contributed by atoms with Crippen LogP contribution in [0.3, 0.4) is 0 Å². The summed E-state index contributed by atoms with van der Waals surface area (Å²) in [7, 11) is -10.0. The zero-order chi connectivity index (χ0) is 81.7. The largest absolute Gasteiger partial charge is 0.472 e. The van der Waals surface area contributed by atoms with Gasteiger partial charge in [-0.25, -0.2) is 9.13 Å². The smallest absolute Gasteiger partial charge is 0.462 e. The van der Waals surface area contributed by atoms with Crippen LogP contribution < -0.4 is 0 Å². The van der Waals surface area contributed by atoms with Gasteiger partial charge in [-0.1, -0.05) is 339 Å². The standard InChI is InChI=1S/C93H154O17P2/c1-5-9-13-17-21-25-29-33-37-40-43-46-50-53-57-61-65-69-73-77-90(95)103-83-88(109-92(97)79-75-71-67-63-59-55-49-36-32-28-24-20-16-12-8-4)85-107-111(99,100)105-81-87(94)82-106-112(101,102)108-86-89(110-93(98)80-76-72-68-64-60-56-52-48-45-42-39-35-31-27-23-19-15-11-7-3)84-104-91(96)78-74-70-66-62-58-54-51-47-44-41-38-34-30-26-22-18-14-10-6-2/h9-11,13-15,21-23,25-27,33-35,37-39,43-48,53,57,65,69,87-89,94H,5-8,12,16-20,24,28-32,36,40-42,49-52,54-56,58-64,66-68,70-86H2,1-4H3,(H,99,100)(H,101,102)/b13-9-,14-10-,15-11-,25-21-,26-22-,27-23-,37-33-,38-34-,39-35-,46-43-,47-44-,48-45-,57-53-,69-65-. The van der Waals surface area contributed by atoms with Crippen LogP contribution in [0.1, 0.15) is 336 Å². The minimum atomic E-state index is -5.00. The molecule has 0 saturated carbocycles. The Bertz CT molecular complexity index is 2790. The number of phosphoric ester groups is 2. The Balaban J connectivity index is 5.47. The molecule has 0 aromatic carbocycles. The molecule has 112 heavy (non-hydrogen) atoms. The van der Waals surface area contributed by atoms with Crippen molar-refractivity contribution in [3.63, 3.8) is 0 Å². The van der Waals surface area contributed by atoms with E-state index < -0.39 is 97.5 Å². The number of esters is 4. The Kier molecular flexibility index (Phi) is 79.2. The highest BCUT2D eigenvalue weighted by atomic mass is 31.2. The highest BCUT2D eigenvalue weighted by molar-refractivity contribution is 7.47. The molecular weight excluding hydrogens is 1450 g/mol. The van der Waals surface area contributed by atoms with Gasteiger partial charge in [0.25, 0.3) is 0 Å². The number of rotatable bonds is 80. The topological polar surface area (TPSA) is 237 Å². The highest BCUT2D eigenvalue weighted by Crippen LogP contribution is 2.45. The number of hydrogen-bond donors (Lipinski definition) is 3. The van der Waals surface area contributed by atoms with Crippen molar-refractivity contribution in [3.05, 3.63) is 170 Å². The highest BCUT2D eigenvalue weighted by Gasteiger charge is 2.30. The molecule has 0 aliphatic heterocycles. The molecule has 0 saturated heterocycles. The van der Waals surface area contributed by atoms with E-state index in [0.717, 1.165) is 186 Å². The molecule has 19 heteroatoms. The molecule has 0 rings (SSSR count). The number of carbonyl (C=O) groups is 4. The maximum absolute atomic E-state index is 13.2. The summed E-state index contributed by atoms with van der Waals surface area (Å²) in [5, 5.41) is 10.7. The van der Waals surface area contributed by atoms with Crippen LogP contribution >= 0.6 is 15.6 Å². The second kappa shape index (κ2) is 83.4. The molecule has 0 bridgehead atoms. The molecule has 0 amide bonds. The molecule has 638 valence electrons. The van der Waals surface area contributed by atoms with Crippen LogP contribution in [-0.4, -0.2) is 96.7 Å². The molecule has 0 aliphatic carbocycles. The zero-order valence-electron chi connectivity index (χ0n) is 70.0. The third-order valence-corrected chi connectivity index (χ3v) is 19.6. The van der Waals surface area contributed by atoms with E-state index >= 15 is 0 Å². The maximum atomic E-state index is 13.2. The zero-order valence-corrected chi connectivity index (χ0v) is 71.8. The molecule has 0 aromatic heterocycles. The fourth-order valence-electron chi connectivity index (χ4n) is 11.2. The number of carbonyl (C=O) groups excluding carboxylic acids is 4. The molecule has 0 aromatic rings. The Morgan fingerprint density at radius 1 is 0.259 bits per heavy atom. The third kappa shape index (κ3) is 82.4. The second-order valence-electron chi connectivity index (χ2n) is 28.3. The van der Waals surface area contributed by atoms with E-state index in [4.69, 9.17) is 37.0 Å². The molecule has 5 unspecified atom stereocenters. The first-order chi connectivity index (χ1) is 54.7. The van der Waals surface area contributed by atoms with E-state index in [1.807, 2.05) is 18.2 Å². The number of allylic oxidation sites excluding steroid dienone is 28. The Labute approximate surface area is 680 Å². The summed E-state index contributed by atoms with van der Waals surface area (Å²) >= 11 is 0. The molecule has 3 N–H and O–H groups in total. The summed E-state index contributed by atoms with van der Waals surface area (Å²) < 4.78 is 68.8. The normalized spacial score (nSPS) is 14.6. The maximum Gasteiger partial charge on any atom is 0.472 e. The molecular formula is C93H154O17P2. The van der Waals surface area contributed by atoms with Crippen LogP contribution in [0.25, 0.3) is 0 Å². The van der Waals surface area contributed by atoms with Crippen molar-refractivity contribution < 1.29 is 80.2 Å². The molecule has 0 aliphatic rings. The lowest BCUT2D eigenvalue weighted by Gasteiger charge is -2.21. The minimum Gasteiger partial charge on any atom is -0.462 e. The number of aliphatic hydroxyl groups excluding tert-OH is 1. The van der Waals surface area contributed by atoms with Gasteiger partial charge in [0.15, 0.2) is 12.2 Å². The van der Waals surface area contributed by atoms with E-state index in [1.54, 1.807) is 0 Å². The van der Waals surface area contributed by atoms with E-state index in [-0.39, 0.29) is 25.7 Å². The van der Waals surface area contributed by atoms with Crippen molar-refractivity contribution in [1.82, 2.24) is 0 Å². The summed E-state index contributed by atoms with van der Waals surface area (Å²) in [4.78, 5) is 73.3. The van der Waals surface area contributed by atoms with Gasteiger partial charge in [-0.05, 0) is 141 Å². The van der Waals surface area contributed by atoms with Gasteiger partial charge in [0.05, 0.1) is 26.4 Å². The number of aliphatic hydroxyl groups is 1. The van der Waals surface area contributed by atoms with Crippen LogP contribution in [-0.2, 0) is 65.4 Å². The second-order valence-corrected chi connectivity index (χ2v) is 31.2. The van der Waals surface area contributed by atoms with Gasteiger partial charge in [-0.3, -0.25) is 37.3 Å². The minimum absolute atomic E-state index is 0.0333. The van der Waals surface area contributed by atoms with Crippen LogP contribution in [0.15, 0.2) is 170 Å². The first kappa shape index (κ1) is 106. The van der Waals surface area contributed by atoms with Gasteiger partial charge in [-0.2, -0.15) is 0 Å². The van der Waals surface area contributed by atoms with Gasteiger partial charge in [0.1, 0.15) is 19.3 Å². The molecule has 0 heterocycles. The van der Waals surface area contributed by atoms with Crippen molar-refractivity contribution >= 4 is 39.5 Å². The molecule has 0 spiro atoms. The van der Waals surface area contributed by atoms with E-state index in [0.29, 0.717) is 32.1 Å². The van der Waals surface area contributed by atoms with Gasteiger partial charge < -0.3 is 33.8 Å². The predicted octanol–water partition coefficient (Wildman–Crippen LogP) is 26.1. The summed E-state index contributed by atoms with van der Waals surface area (Å²) in [6.07, 6.45) is 100. The number of hydrogen-bond acceptors (Lipinski definition) is 15. The first-order valence-corrected chi connectivity index (χ1v) is 46.4. The number of unbranched alkanes of at least 4 members (excludes halogenated alkanes) is 26. The predicted molar refractivity (Wildman–Crippen MR) is 463 cm³/mol. The SMILES string of the molecule is CC/C=C\C/C=C\C/C=C\C/C=C\C/C=C\C/C=C\CCC(=O)OCC(COP(=O)(O)OCC(O)COP(=O)(O)OCC(COC(=O)CCCCCCCC/C=C\C/C=C\C/C=C\C/C=C\CC)OC(=O)CCCCCCCC/C=C\C/C=C\C/C=C\C/C=C\CC)OC(=O)CCCCCCCCCCCCCCCCC. The molecule has 0 radical (unpaired) electrons. The van der Waals surface area contributed by atoms with E-state index in [1.165, 1.54) is 64.2 Å². The van der Waals surface area contributed by atoms with Crippen molar-refractivity contribution in [2.45, 2.75) is 354 Å². The fourth-order valence-corrected chi connectivity index (χ4v) is 12.8. The van der Waals surface area contributed by atoms with Gasteiger partial charge in [-0.15, -0.1) is 0 Å². The Hall–Kier alpha value is -5.58.